The van der Waals surface area contributed by atoms with Crippen LogP contribution >= 0.6 is 24.2 Å². The second kappa shape index (κ2) is 6.26. The van der Waals surface area contributed by atoms with E-state index in [9.17, 15) is 0 Å². The highest BCUT2D eigenvalue weighted by atomic mass is 35.5. The van der Waals surface area contributed by atoms with Crippen LogP contribution in [0.5, 0.6) is 5.75 Å². The first kappa shape index (κ1) is 12.7. The Morgan fingerprint density at radius 3 is 2.73 bits per heavy atom. The van der Waals surface area contributed by atoms with E-state index in [1.807, 2.05) is 25.2 Å². The first-order valence-corrected chi connectivity index (χ1v) is 5.80. The minimum Gasteiger partial charge on any atom is -0.497 e. The van der Waals surface area contributed by atoms with Crippen molar-refractivity contribution in [2.45, 2.75) is 6.42 Å². The van der Waals surface area contributed by atoms with Crippen LogP contribution in [0.2, 0.25) is 5.02 Å². The number of halogens is 1. The molecule has 15 heavy (non-hydrogen) atoms. The van der Waals surface area contributed by atoms with Crippen molar-refractivity contribution < 1.29 is 4.74 Å². The molecule has 0 fully saturated rings. The highest BCUT2D eigenvalue weighted by Gasteiger charge is 2.03. The summed E-state index contributed by atoms with van der Waals surface area (Å²) in [6.45, 7) is 0.954. The molecule has 0 saturated carbocycles. The summed E-state index contributed by atoms with van der Waals surface area (Å²) in [6.07, 6.45) is 0.930. The van der Waals surface area contributed by atoms with E-state index in [0.29, 0.717) is 0 Å². The molecule has 0 aliphatic carbocycles. The zero-order valence-electron chi connectivity index (χ0n) is 9.03. The van der Waals surface area contributed by atoms with E-state index in [-0.39, 0.29) is 0 Å². The lowest BCUT2D eigenvalue weighted by Gasteiger charge is -2.13. The molecule has 0 heterocycles. The Morgan fingerprint density at radius 2 is 2.20 bits per heavy atom. The highest BCUT2D eigenvalue weighted by Crippen LogP contribution is 2.22. The maximum absolute atomic E-state index is 6.12. The highest BCUT2D eigenvalue weighted by molar-refractivity contribution is 7.80. The third-order valence-electron chi connectivity index (χ3n) is 2.26. The molecule has 0 radical (unpaired) electrons. The van der Waals surface area contributed by atoms with Gasteiger partial charge in [0.15, 0.2) is 0 Å². The van der Waals surface area contributed by atoms with Gasteiger partial charge in [0.2, 0.25) is 0 Å². The zero-order chi connectivity index (χ0) is 11.3. The summed E-state index contributed by atoms with van der Waals surface area (Å²) in [5.74, 6) is 1.56. The van der Waals surface area contributed by atoms with E-state index in [1.165, 1.54) is 0 Å². The van der Waals surface area contributed by atoms with E-state index in [4.69, 9.17) is 16.3 Å². The van der Waals surface area contributed by atoms with Crippen molar-refractivity contribution in [2.75, 3.05) is 26.6 Å². The van der Waals surface area contributed by atoms with Gasteiger partial charge in [0.05, 0.1) is 7.11 Å². The number of likely N-dealkylation sites (N-methyl/N-ethyl adjacent to an activating group) is 1. The predicted molar refractivity (Wildman–Crippen MR) is 68.2 cm³/mol. The number of ether oxygens (including phenoxy) is 1. The topological polar surface area (TPSA) is 12.5 Å². The summed E-state index contributed by atoms with van der Waals surface area (Å²) in [4.78, 5) is 2.13. The van der Waals surface area contributed by atoms with Gasteiger partial charge >= 0.3 is 0 Å². The number of thiol groups is 1. The maximum atomic E-state index is 6.12. The Labute approximate surface area is 102 Å². The number of nitrogens with zero attached hydrogens (tertiary/aromatic N) is 1. The molecule has 1 aromatic carbocycles. The van der Waals surface area contributed by atoms with Crippen molar-refractivity contribution in [2.24, 2.45) is 0 Å². The minimum atomic E-state index is 0.758. The molecular weight excluding hydrogens is 230 g/mol. The summed E-state index contributed by atoms with van der Waals surface area (Å²) in [6, 6.07) is 5.78. The van der Waals surface area contributed by atoms with E-state index in [1.54, 1.807) is 7.11 Å². The molecular formula is C11H16ClNOS. The lowest BCUT2D eigenvalue weighted by atomic mass is 10.1. The molecule has 0 spiro atoms. The number of rotatable bonds is 5. The van der Waals surface area contributed by atoms with Gasteiger partial charge < -0.3 is 4.74 Å². The molecule has 1 rings (SSSR count). The average molecular weight is 246 g/mol. The molecule has 0 N–H and O–H groups in total. The first-order valence-electron chi connectivity index (χ1n) is 4.79. The predicted octanol–water partition coefficient (Wildman–Crippen LogP) is 2.71. The lowest BCUT2D eigenvalue weighted by molar-refractivity contribution is 0.398. The van der Waals surface area contributed by atoms with Crippen LogP contribution in [0.3, 0.4) is 0 Å². The largest absolute Gasteiger partial charge is 0.497 e. The maximum Gasteiger partial charge on any atom is 0.120 e. The standard InChI is InChI=1S/C11H16ClNOS/c1-13(8-15)6-5-9-3-4-10(14-2)7-11(9)12/h3-4,7,15H,5-6,8H2,1-2H3. The fourth-order valence-corrected chi connectivity index (χ4v) is 1.65. The van der Waals surface area contributed by atoms with E-state index >= 15 is 0 Å². The third kappa shape index (κ3) is 3.93. The van der Waals surface area contributed by atoms with Crippen LogP contribution in [-0.2, 0) is 6.42 Å². The summed E-state index contributed by atoms with van der Waals surface area (Å²) >= 11 is 10.3. The zero-order valence-corrected chi connectivity index (χ0v) is 10.7. The van der Waals surface area contributed by atoms with Crippen molar-refractivity contribution >= 4 is 24.2 Å². The van der Waals surface area contributed by atoms with Crippen LogP contribution in [0.4, 0.5) is 0 Å². The SMILES string of the molecule is COc1ccc(CCN(C)CS)c(Cl)c1. The fourth-order valence-electron chi connectivity index (χ4n) is 1.24. The number of hydrogen-bond donors (Lipinski definition) is 1. The second-order valence-corrected chi connectivity index (χ2v) is 4.12. The van der Waals surface area contributed by atoms with Gasteiger partial charge in [-0.2, -0.15) is 12.6 Å². The summed E-state index contributed by atoms with van der Waals surface area (Å²) in [5, 5.41) is 0.766. The van der Waals surface area contributed by atoms with E-state index in [0.717, 1.165) is 35.2 Å². The smallest absolute Gasteiger partial charge is 0.120 e. The Kier molecular flexibility index (Phi) is 5.29. The van der Waals surface area contributed by atoms with Crippen molar-refractivity contribution in [1.29, 1.82) is 0 Å². The Morgan fingerprint density at radius 1 is 1.47 bits per heavy atom. The van der Waals surface area contributed by atoms with Crippen LogP contribution in [0, 0.1) is 0 Å². The molecule has 1 aromatic rings. The molecule has 2 nitrogen and oxygen atoms in total. The molecule has 0 aromatic heterocycles. The van der Waals surface area contributed by atoms with Gasteiger partial charge in [0, 0.05) is 17.4 Å². The third-order valence-corrected chi connectivity index (χ3v) is 3.10. The van der Waals surface area contributed by atoms with Crippen LogP contribution < -0.4 is 4.74 Å². The molecule has 0 unspecified atom stereocenters. The van der Waals surface area contributed by atoms with Gasteiger partial charge in [-0.05, 0) is 31.2 Å². The lowest BCUT2D eigenvalue weighted by Crippen LogP contribution is -2.19. The van der Waals surface area contributed by atoms with Crippen molar-refractivity contribution in [1.82, 2.24) is 4.90 Å². The fraction of sp³-hybridized carbons (Fsp3) is 0.455. The van der Waals surface area contributed by atoms with Gasteiger partial charge in [0.25, 0.3) is 0 Å². The Bertz CT molecular complexity index is 319. The van der Waals surface area contributed by atoms with Crippen molar-refractivity contribution in [3.63, 3.8) is 0 Å². The minimum absolute atomic E-state index is 0.758. The quantitative estimate of drug-likeness (QED) is 0.633. The number of benzene rings is 1. The van der Waals surface area contributed by atoms with Gasteiger partial charge in [0.1, 0.15) is 5.75 Å². The molecule has 0 bridgehead atoms. The summed E-state index contributed by atoms with van der Waals surface area (Å²) in [7, 11) is 3.67. The van der Waals surface area contributed by atoms with Crippen molar-refractivity contribution in [3.8, 4) is 5.75 Å². The van der Waals surface area contributed by atoms with Gasteiger partial charge in [-0.1, -0.05) is 17.7 Å². The van der Waals surface area contributed by atoms with Gasteiger partial charge in [-0.3, -0.25) is 4.90 Å². The molecule has 0 saturated heterocycles. The first-order chi connectivity index (χ1) is 7.17. The van der Waals surface area contributed by atoms with Crippen LogP contribution in [0.1, 0.15) is 5.56 Å². The van der Waals surface area contributed by atoms with Crippen LogP contribution in [0.25, 0.3) is 0 Å². The summed E-state index contributed by atoms with van der Waals surface area (Å²) < 4.78 is 5.09. The molecule has 0 aliphatic rings. The van der Waals surface area contributed by atoms with Crippen LogP contribution in [0.15, 0.2) is 18.2 Å². The van der Waals surface area contributed by atoms with Gasteiger partial charge in [-0.25, -0.2) is 0 Å². The molecule has 0 amide bonds. The number of methoxy groups -OCH3 is 1. The monoisotopic (exact) mass is 245 g/mol. The molecule has 0 aliphatic heterocycles. The van der Waals surface area contributed by atoms with Crippen LogP contribution in [-0.4, -0.2) is 31.5 Å². The average Bonchev–Trinajstić information content (AvgIpc) is 2.26. The number of hydrogen-bond acceptors (Lipinski definition) is 3. The summed E-state index contributed by atoms with van der Waals surface area (Å²) in [5.41, 5.74) is 1.14. The molecule has 4 heteroatoms. The Hall–Kier alpha value is -0.380. The second-order valence-electron chi connectivity index (χ2n) is 3.43. The van der Waals surface area contributed by atoms with Crippen molar-refractivity contribution in [3.05, 3.63) is 28.8 Å². The van der Waals surface area contributed by atoms with Gasteiger partial charge in [-0.15, -0.1) is 0 Å². The van der Waals surface area contributed by atoms with E-state index in [2.05, 4.69) is 17.5 Å². The van der Waals surface area contributed by atoms with E-state index < -0.39 is 0 Å². The Balaban J connectivity index is 2.62. The molecule has 0 atom stereocenters. The molecule has 84 valence electrons. The normalized spacial score (nSPS) is 10.7.